The van der Waals surface area contributed by atoms with Gasteiger partial charge in [0.2, 0.25) is 5.91 Å². The van der Waals surface area contributed by atoms with Crippen LogP contribution in [0.2, 0.25) is 0 Å². The minimum Gasteiger partial charge on any atom is -0.294 e. The van der Waals surface area contributed by atoms with Crippen LogP contribution in [0.3, 0.4) is 0 Å². The highest BCUT2D eigenvalue weighted by molar-refractivity contribution is 5.86. The summed E-state index contributed by atoms with van der Waals surface area (Å²) in [5, 5.41) is 10.5. The Bertz CT molecular complexity index is 412. The number of rotatable bonds is 3. The summed E-state index contributed by atoms with van der Waals surface area (Å²) in [6.07, 6.45) is 0. The molecule has 1 aromatic carbocycles. The number of carbonyl (C=O) groups excluding carboxylic acids is 1. The molecular weight excluding hydrogens is 210 g/mol. The summed E-state index contributed by atoms with van der Waals surface area (Å²) < 4.78 is 0. The Kier molecular flexibility index (Phi) is 3.24. The van der Waals surface area contributed by atoms with Gasteiger partial charge in [0.25, 0.3) is 5.69 Å². The average Bonchev–Trinajstić information content (AvgIpc) is 2.28. The molecular formula is C10H13N3O3. The average molecular weight is 223 g/mol. The van der Waals surface area contributed by atoms with E-state index in [9.17, 15) is 14.9 Å². The zero-order chi connectivity index (χ0) is 12.3. The van der Waals surface area contributed by atoms with Crippen molar-refractivity contribution in [2.45, 2.75) is 19.3 Å². The van der Waals surface area contributed by atoms with Crippen molar-refractivity contribution in [3.8, 4) is 0 Å². The van der Waals surface area contributed by atoms with Gasteiger partial charge in [-0.3, -0.25) is 20.3 Å². The van der Waals surface area contributed by atoms with E-state index >= 15 is 0 Å². The first-order valence-corrected chi connectivity index (χ1v) is 4.65. The number of nitro benzene ring substituents is 1. The van der Waals surface area contributed by atoms with Crippen LogP contribution in [0.1, 0.15) is 19.4 Å². The molecule has 0 aliphatic rings. The number of hydrogen-bond acceptors (Lipinski definition) is 4. The normalized spacial score (nSPS) is 10.9. The molecule has 0 radical (unpaired) electrons. The van der Waals surface area contributed by atoms with Gasteiger partial charge in [0.1, 0.15) is 0 Å². The summed E-state index contributed by atoms with van der Waals surface area (Å²) in [5.41, 5.74) is 1.91. The molecule has 1 amide bonds. The molecule has 0 spiro atoms. The van der Waals surface area contributed by atoms with Crippen molar-refractivity contribution in [3.63, 3.8) is 0 Å². The highest BCUT2D eigenvalue weighted by atomic mass is 16.6. The number of carbonyl (C=O) groups is 1. The second-order valence-corrected chi connectivity index (χ2v) is 3.90. The van der Waals surface area contributed by atoms with E-state index in [4.69, 9.17) is 5.84 Å². The van der Waals surface area contributed by atoms with Crippen molar-refractivity contribution in [1.82, 2.24) is 5.43 Å². The topological polar surface area (TPSA) is 98.3 Å². The lowest BCUT2D eigenvalue weighted by Crippen LogP contribution is -2.43. The number of nitrogens with zero attached hydrogens (tertiary/aromatic N) is 1. The molecule has 0 atom stereocenters. The number of hydrazine groups is 1. The van der Waals surface area contributed by atoms with Crippen LogP contribution in [0.4, 0.5) is 5.69 Å². The van der Waals surface area contributed by atoms with Crippen molar-refractivity contribution >= 4 is 11.6 Å². The van der Waals surface area contributed by atoms with Crippen LogP contribution >= 0.6 is 0 Å². The lowest BCUT2D eigenvalue weighted by Gasteiger charge is -2.22. The van der Waals surface area contributed by atoms with Gasteiger partial charge in [-0.1, -0.05) is 12.1 Å². The third-order valence-corrected chi connectivity index (χ3v) is 2.50. The van der Waals surface area contributed by atoms with Gasteiger partial charge in [-0.25, -0.2) is 5.84 Å². The van der Waals surface area contributed by atoms with Gasteiger partial charge in [0.15, 0.2) is 0 Å². The van der Waals surface area contributed by atoms with Crippen LogP contribution in [0, 0.1) is 10.1 Å². The quantitative estimate of drug-likeness (QED) is 0.343. The fourth-order valence-electron chi connectivity index (χ4n) is 1.31. The van der Waals surface area contributed by atoms with Gasteiger partial charge in [0.05, 0.1) is 10.3 Å². The predicted octanol–water partition coefficient (Wildman–Crippen LogP) is 0.862. The number of nitro groups is 1. The van der Waals surface area contributed by atoms with Gasteiger partial charge in [-0.15, -0.1) is 0 Å². The third kappa shape index (κ3) is 2.17. The Morgan fingerprint density at radius 1 is 1.38 bits per heavy atom. The Morgan fingerprint density at radius 2 is 1.88 bits per heavy atom. The molecule has 0 unspecified atom stereocenters. The molecule has 0 bridgehead atoms. The van der Waals surface area contributed by atoms with E-state index in [0.29, 0.717) is 5.56 Å². The van der Waals surface area contributed by atoms with E-state index in [1.807, 2.05) is 0 Å². The lowest BCUT2D eigenvalue weighted by atomic mass is 9.84. The maximum Gasteiger partial charge on any atom is 0.269 e. The summed E-state index contributed by atoms with van der Waals surface area (Å²) in [6, 6.07) is 5.82. The van der Waals surface area contributed by atoms with Crippen LogP contribution in [0.25, 0.3) is 0 Å². The molecule has 16 heavy (non-hydrogen) atoms. The predicted molar refractivity (Wildman–Crippen MR) is 58.5 cm³/mol. The second kappa shape index (κ2) is 4.28. The van der Waals surface area contributed by atoms with Gasteiger partial charge in [-0.05, 0) is 19.4 Å². The zero-order valence-electron chi connectivity index (χ0n) is 9.06. The summed E-state index contributed by atoms with van der Waals surface area (Å²) in [5.74, 6) is 4.72. The number of nitrogens with two attached hydrogens (primary N) is 1. The third-order valence-electron chi connectivity index (χ3n) is 2.50. The Balaban J connectivity index is 3.06. The monoisotopic (exact) mass is 223 g/mol. The summed E-state index contributed by atoms with van der Waals surface area (Å²) >= 11 is 0. The molecule has 0 aromatic heterocycles. The fourth-order valence-corrected chi connectivity index (χ4v) is 1.31. The van der Waals surface area contributed by atoms with Gasteiger partial charge < -0.3 is 0 Å². The summed E-state index contributed by atoms with van der Waals surface area (Å²) in [7, 11) is 0. The molecule has 3 N–H and O–H groups in total. The summed E-state index contributed by atoms with van der Waals surface area (Å²) in [4.78, 5) is 21.5. The smallest absolute Gasteiger partial charge is 0.269 e. The number of non-ortho nitro benzene ring substituents is 1. The van der Waals surface area contributed by atoms with E-state index in [2.05, 4.69) is 5.43 Å². The number of hydrogen-bond donors (Lipinski definition) is 2. The molecule has 0 saturated carbocycles. The van der Waals surface area contributed by atoms with E-state index in [1.54, 1.807) is 26.0 Å². The lowest BCUT2D eigenvalue weighted by molar-refractivity contribution is -0.384. The highest BCUT2D eigenvalue weighted by Gasteiger charge is 2.29. The van der Waals surface area contributed by atoms with Gasteiger partial charge in [0, 0.05) is 12.1 Å². The van der Waals surface area contributed by atoms with E-state index in [-0.39, 0.29) is 11.6 Å². The van der Waals surface area contributed by atoms with Crippen molar-refractivity contribution in [2.24, 2.45) is 5.84 Å². The molecule has 6 heteroatoms. The molecule has 1 aromatic rings. The van der Waals surface area contributed by atoms with Crippen molar-refractivity contribution in [2.75, 3.05) is 0 Å². The first-order chi connectivity index (χ1) is 7.39. The largest absolute Gasteiger partial charge is 0.294 e. The maximum atomic E-state index is 11.5. The minimum absolute atomic E-state index is 0.00675. The maximum absolute atomic E-state index is 11.5. The molecule has 0 fully saturated rings. The van der Waals surface area contributed by atoms with Crippen LogP contribution < -0.4 is 11.3 Å². The van der Waals surface area contributed by atoms with Gasteiger partial charge in [-0.2, -0.15) is 0 Å². The van der Waals surface area contributed by atoms with Crippen LogP contribution in [-0.4, -0.2) is 10.8 Å². The highest BCUT2D eigenvalue weighted by Crippen LogP contribution is 2.25. The minimum atomic E-state index is -0.816. The van der Waals surface area contributed by atoms with Crippen LogP contribution in [0.5, 0.6) is 0 Å². The molecule has 86 valence electrons. The Hall–Kier alpha value is -1.95. The van der Waals surface area contributed by atoms with Crippen LogP contribution in [0.15, 0.2) is 24.3 Å². The Morgan fingerprint density at radius 3 is 2.25 bits per heavy atom. The standard InChI is InChI=1S/C10H13N3O3/c1-10(2,9(14)12-11)7-3-5-8(6-4-7)13(15)16/h3-6H,11H2,1-2H3,(H,12,14). The van der Waals surface area contributed by atoms with Crippen molar-refractivity contribution < 1.29 is 9.72 Å². The van der Waals surface area contributed by atoms with Gasteiger partial charge >= 0.3 is 0 Å². The first-order valence-electron chi connectivity index (χ1n) is 4.65. The molecule has 0 aliphatic carbocycles. The van der Waals surface area contributed by atoms with E-state index in [1.165, 1.54) is 12.1 Å². The van der Waals surface area contributed by atoms with Crippen molar-refractivity contribution in [3.05, 3.63) is 39.9 Å². The van der Waals surface area contributed by atoms with Crippen LogP contribution in [-0.2, 0) is 10.2 Å². The fraction of sp³-hybridized carbons (Fsp3) is 0.300. The molecule has 6 nitrogen and oxygen atoms in total. The first kappa shape index (κ1) is 12.1. The molecule has 0 saturated heterocycles. The number of amides is 1. The molecule has 0 heterocycles. The van der Waals surface area contributed by atoms with E-state index < -0.39 is 10.3 Å². The second-order valence-electron chi connectivity index (χ2n) is 3.90. The van der Waals surface area contributed by atoms with E-state index in [0.717, 1.165) is 0 Å². The SMILES string of the molecule is CC(C)(C(=O)NN)c1ccc([N+](=O)[O-])cc1. The van der Waals surface area contributed by atoms with Crippen molar-refractivity contribution in [1.29, 1.82) is 0 Å². The summed E-state index contributed by atoms with van der Waals surface area (Å²) in [6.45, 7) is 3.38. The Labute approximate surface area is 92.6 Å². The molecule has 0 aliphatic heterocycles. The zero-order valence-corrected chi connectivity index (χ0v) is 9.06. The number of nitrogens with one attached hydrogen (secondary N) is 1. The molecule has 1 rings (SSSR count). The number of benzene rings is 1.